The van der Waals surface area contributed by atoms with Crippen molar-refractivity contribution < 1.29 is 4.79 Å². The number of carbonyl (C=O) groups is 1. The van der Waals surface area contributed by atoms with Crippen LogP contribution in [0.4, 0.5) is 5.69 Å². The number of nitrogen functional groups attached to an aromatic ring is 1. The van der Waals surface area contributed by atoms with Crippen molar-refractivity contribution in [2.45, 2.75) is 45.2 Å². The van der Waals surface area contributed by atoms with E-state index >= 15 is 0 Å². The highest BCUT2D eigenvalue weighted by Gasteiger charge is 2.34. The highest BCUT2D eigenvalue weighted by atomic mass is 35.5. The molecule has 1 heterocycles. The summed E-state index contributed by atoms with van der Waals surface area (Å²) in [6.07, 6.45) is 3.11. The van der Waals surface area contributed by atoms with E-state index in [0.29, 0.717) is 22.3 Å². The van der Waals surface area contributed by atoms with E-state index in [4.69, 9.17) is 17.3 Å². The van der Waals surface area contributed by atoms with E-state index in [9.17, 15) is 4.79 Å². The number of anilines is 1. The fraction of sp³-hybridized carbons (Fsp3) is 0.500. The Kier molecular flexibility index (Phi) is 3.81. The molecule has 0 aromatic heterocycles. The van der Waals surface area contributed by atoms with Gasteiger partial charge in [0.2, 0.25) is 0 Å². The standard InChI is InChI=1S/C14H19ClN2O/c1-3-11-6-4-9(2)17(11)14(18)12-8-10(16)5-7-13(12)15/h5,7-9,11H,3-4,6,16H2,1-2H3. The van der Waals surface area contributed by atoms with Gasteiger partial charge in [0.25, 0.3) is 5.91 Å². The van der Waals surface area contributed by atoms with Gasteiger partial charge >= 0.3 is 0 Å². The van der Waals surface area contributed by atoms with Crippen LogP contribution in [-0.4, -0.2) is 22.9 Å². The van der Waals surface area contributed by atoms with Crippen LogP contribution in [0.15, 0.2) is 18.2 Å². The minimum absolute atomic E-state index is 0.00384. The second-order valence-electron chi connectivity index (χ2n) is 4.94. The maximum atomic E-state index is 12.6. The fourth-order valence-corrected chi connectivity index (χ4v) is 2.88. The maximum absolute atomic E-state index is 12.6. The van der Waals surface area contributed by atoms with Crippen molar-refractivity contribution in [2.75, 3.05) is 5.73 Å². The molecular weight excluding hydrogens is 248 g/mol. The Hall–Kier alpha value is -1.22. The molecule has 0 aliphatic carbocycles. The van der Waals surface area contributed by atoms with Gasteiger partial charge in [-0.1, -0.05) is 18.5 Å². The van der Waals surface area contributed by atoms with Crippen LogP contribution in [0, 0.1) is 0 Å². The highest BCUT2D eigenvalue weighted by molar-refractivity contribution is 6.34. The lowest BCUT2D eigenvalue weighted by molar-refractivity contribution is 0.0676. The molecular formula is C14H19ClN2O. The smallest absolute Gasteiger partial charge is 0.255 e. The molecule has 1 aromatic rings. The van der Waals surface area contributed by atoms with E-state index in [1.54, 1.807) is 18.2 Å². The summed E-state index contributed by atoms with van der Waals surface area (Å²) in [4.78, 5) is 14.5. The third kappa shape index (κ3) is 2.32. The van der Waals surface area contributed by atoms with Gasteiger partial charge in [0, 0.05) is 17.8 Å². The van der Waals surface area contributed by atoms with Gasteiger partial charge in [-0.3, -0.25) is 4.79 Å². The first kappa shape index (κ1) is 13.2. The number of nitrogens with two attached hydrogens (primary N) is 1. The van der Waals surface area contributed by atoms with Crippen LogP contribution < -0.4 is 5.73 Å². The Morgan fingerprint density at radius 2 is 2.22 bits per heavy atom. The van der Waals surface area contributed by atoms with Crippen LogP contribution in [0.25, 0.3) is 0 Å². The molecule has 2 unspecified atom stereocenters. The van der Waals surface area contributed by atoms with Crippen molar-refractivity contribution in [1.82, 2.24) is 4.90 Å². The van der Waals surface area contributed by atoms with Crippen molar-refractivity contribution in [3.63, 3.8) is 0 Å². The minimum Gasteiger partial charge on any atom is -0.399 e. The number of nitrogens with zero attached hydrogens (tertiary/aromatic N) is 1. The second kappa shape index (κ2) is 5.19. The summed E-state index contributed by atoms with van der Waals surface area (Å²) in [6.45, 7) is 4.21. The normalized spacial score (nSPS) is 23.4. The van der Waals surface area contributed by atoms with Crippen LogP contribution in [0.2, 0.25) is 5.02 Å². The van der Waals surface area contributed by atoms with Gasteiger partial charge in [-0.15, -0.1) is 0 Å². The van der Waals surface area contributed by atoms with Gasteiger partial charge in [0.1, 0.15) is 0 Å². The molecule has 1 aromatic carbocycles. The van der Waals surface area contributed by atoms with Crippen molar-refractivity contribution >= 4 is 23.2 Å². The molecule has 18 heavy (non-hydrogen) atoms. The molecule has 0 saturated carbocycles. The Labute approximate surface area is 113 Å². The monoisotopic (exact) mass is 266 g/mol. The molecule has 4 heteroatoms. The van der Waals surface area contributed by atoms with Crippen molar-refractivity contribution in [2.24, 2.45) is 0 Å². The molecule has 1 aliphatic heterocycles. The lowest BCUT2D eigenvalue weighted by Gasteiger charge is -2.28. The van der Waals surface area contributed by atoms with Crippen molar-refractivity contribution in [3.8, 4) is 0 Å². The van der Waals surface area contributed by atoms with Crippen LogP contribution in [0.5, 0.6) is 0 Å². The SMILES string of the molecule is CCC1CCC(C)N1C(=O)c1cc(N)ccc1Cl. The lowest BCUT2D eigenvalue weighted by Crippen LogP contribution is -2.39. The molecule has 2 N–H and O–H groups in total. The number of rotatable bonds is 2. The van der Waals surface area contributed by atoms with Crippen LogP contribution in [0.3, 0.4) is 0 Å². The Morgan fingerprint density at radius 3 is 2.89 bits per heavy atom. The first-order chi connectivity index (χ1) is 8.54. The predicted octanol–water partition coefficient (Wildman–Crippen LogP) is 3.33. The number of amides is 1. The predicted molar refractivity (Wildman–Crippen MR) is 74.8 cm³/mol. The van der Waals surface area contributed by atoms with Gasteiger partial charge in [-0.05, 0) is 44.4 Å². The van der Waals surface area contributed by atoms with Crippen LogP contribution in [0.1, 0.15) is 43.5 Å². The number of halogens is 1. The summed E-state index contributed by atoms with van der Waals surface area (Å²) in [7, 11) is 0. The quantitative estimate of drug-likeness (QED) is 0.835. The maximum Gasteiger partial charge on any atom is 0.255 e. The molecule has 0 bridgehead atoms. The third-order valence-electron chi connectivity index (χ3n) is 3.71. The number of carbonyl (C=O) groups excluding carboxylic acids is 1. The average Bonchev–Trinajstić information content (AvgIpc) is 2.72. The van der Waals surface area contributed by atoms with Crippen molar-refractivity contribution in [1.29, 1.82) is 0 Å². The summed E-state index contributed by atoms with van der Waals surface area (Å²) < 4.78 is 0. The first-order valence-electron chi connectivity index (χ1n) is 6.42. The highest BCUT2D eigenvalue weighted by Crippen LogP contribution is 2.30. The summed E-state index contributed by atoms with van der Waals surface area (Å²) in [5.41, 5.74) is 6.83. The van der Waals surface area contributed by atoms with Gasteiger partial charge < -0.3 is 10.6 Å². The molecule has 0 radical (unpaired) electrons. The number of hydrogen-bond acceptors (Lipinski definition) is 2. The number of benzene rings is 1. The topological polar surface area (TPSA) is 46.3 Å². The zero-order valence-electron chi connectivity index (χ0n) is 10.8. The number of hydrogen-bond donors (Lipinski definition) is 1. The van der Waals surface area contributed by atoms with E-state index in [1.165, 1.54) is 0 Å². The zero-order chi connectivity index (χ0) is 13.3. The van der Waals surface area contributed by atoms with Gasteiger partial charge in [-0.25, -0.2) is 0 Å². The molecule has 2 atom stereocenters. The summed E-state index contributed by atoms with van der Waals surface area (Å²) >= 11 is 6.11. The molecule has 3 nitrogen and oxygen atoms in total. The van der Waals surface area contributed by atoms with Crippen molar-refractivity contribution in [3.05, 3.63) is 28.8 Å². The first-order valence-corrected chi connectivity index (χ1v) is 6.80. The number of likely N-dealkylation sites (tertiary alicyclic amines) is 1. The van der Waals surface area contributed by atoms with Gasteiger partial charge in [0.15, 0.2) is 0 Å². The molecule has 1 fully saturated rings. The van der Waals surface area contributed by atoms with E-state index < -0.39 is 0 Å². The van der Waals surface area contributed by atoms with E-state index in [0.717, 1.165) is 19.3 Å². The molecule has 1 saturated heterocycles. The molecule has 98 valence electrons. The minimum atomic E-state index is 0.00384. The molecule has 2 rings (SSSR count). The fourth-order valence-electron chi connectivity index (χ4n) is 2.68. The molecule has 1 amide bonds. The second-order valence-corrected chi connectivity index (χ2v) is 5.35. The van der Waals surface area contributed by atoms with E-state index in [-0.39, 0.29) is 11.9 Å². The summed E-state index contributed by atoms with van der Waals surface area (Å²) in [5, 5.41) is 0.475. The van der Waals surface area contributed by atoms with Gasteiger partial charge in [-0.2, -0.15) is 0 Å². The van der Waals surface area contributed by atoms with Crippen LogP contribution >= 0.6 is 11.6 Å². The Morgan fingerprint density at radius 1 is 1.50 bits per heavy atom. The van der Waals surface area contributed by atoms with Crippen LogP contribution in [-0.2, 0) is 0 Å². The molecule has 1 aliphatic rings. The van der Waals surface area contributed by atoms with Gasteiger partial charge in [0.05, 0.1) is 10.6 Å². The Bertz CT molecular complexity index is 461. The largest absolute Gasteiger partial charge is 0.399 e. The Balaban J connectivity index is 2.32. The third-order valence-corrected chi connectivity index (χ3v) is 4.04. The molecule has 0 spiro atoms. The lowest BCUT2D eigenvalue weighted by atomic mass is 10.1. The zero-order valence-corrected chi connectivity index (χ0v) is 11.6. The summed E-state index contributed by atoms with van der Waals surface area (Å²) in [6, 6.07) is 5.67. The summed E-state index contributed by atoms with van der Waals surface area (Å²) in [5.74, 6) is 0.00384. The van der Waals surface area contributed by atoms with E-state index in [1.807, 2.05) is 4.90 Å². The average molecular weight is 267 g/mol. The van der Waals surface area contributed by atoms with E-state index in [2.05, 4.69) is 13.8 Å².